The van der Waals surface area contributed by atoms with Crippen LogP contribution in [0.15, 0.2) is 41.8 Å². The van der Waals surface area contributed by atoms with Crippen molar-refractivity contribution in [2.24, 2.45) is 5.73 Å². The minimum Gasteiger partial charge on any atom is -0.324 e. The van der Waals surface area contributed by atoms with E-state index in [-0.39, 0.29) is 12.3 Å². The van der Waals surface area contributed by atoms with Crippen LogP contribution in [0.1, 0.15) is 28.8 Å². The van der Waals surface area contributed by atoms with Gasteiger partial charge in [-0.05, 0) is 29.1 Å². The van der Waals surface area contributed by atoms with Gasteiger partial charge in [0.25, 0.3) is 5.92 Å². The van der Waals surface area contributed by atoms with E-state index in [4.69, 9.17) is 5.73 Å². The Morgan fingerprint density at radius 2 is 2.14 bits per heavy atom. The maximum Gasteiger partial charge on any atom is 0.255 e. The van der Waals surface area contributed by atoms with E-state index in [2.05, 4.69) is 5.32 Å². The van der Waals surface area contributed by atoms with Crippen LogP contribution in [0.4, 0.5) is 14.5 Å². The number of alkyl halides is 2. The van der Waals surface area contributed by atoms with Crippen LogP contribution in [0, 0.1) is 0 Å². The summed E-state index contributed by atoms with van der Waals surface area (Å²) in [7, 11) is 0. The molecule has 1 heterocycles. The van der Waals surface area contributed by atoms with Gasteiger partial charge in [0, 0.05) is 17.0 Å². The quantitative estimate of drug-likeness (QED) is 0.908. The maximum absolute atomic E-state index is 13.1. The number of hydrogen-bond donors (Lipinski definition) is 2. The van der Waals surface area contributed by atoms with Gasteiger partial charge in [-0.1, -0.05) is 18.2 Å². The molecule has 3 rings (SSSR count). The number of hydrogen-bond acceptors (Lipinski definition) is 3. The number of nitrogens with two attached hydrogens (primary N) is 1. The van der Waals surface area contributed by atoms with Gasteiger partial charge in [-0.25, -0.2) is 8.78 Å². The van der Waals surface area contributed by atoms with E-state index < -0.39 is 17.9 Å². The van der Waals surface area contributed by atoms with E-state index in [1.165, 1.54) is 11.3 Å². The Morgan fingerprint density at radius 3 is 2.76 bits per heavy atom. The minimum atomic E-state index is -2.62. The zero-order valence-electron chi connectivity index (χ0n) is 11.1. The van der Waals surface area contributed by atoms with Gasteiger partial charge < -0.3 is 11.1 Å². The van der Waals surface area contributed by atoms with Crippen molar-refractivity contribution in [3.63, 3.8) is 0 Å². The molecule has 1 saturated carbocycles. The molecule has 0 radical (unpaired) electrons. The molecule has 110 valence electrons. The minimum absolute atomic E-state index is 0.126. The van der Waals surface area contributed by atoms with Gasteiger partial charge in [0.2, 0.25) is 5.91 Å². The molecule has 1 fully saturated rings. The Labute approximate surface area is 124 Å². The fourth-order valence-electron chi connectivity index (χ4n) is 2.23. The number of halogens is 2. The van der Waals surface area contributed by atoms with Crippen molar-refractivity contribution in [3.05, 3.63) is 52.2 Å². The summed E-state index contributed by atoms with van der Waals surface area (Å²) in [4.78, 5) is 12.8. The molecule has 2 unspecified atom stereocenters. The van der Waals surface area contributed by atoms with Crippen LogP contribution in [-0.4, -0.2) is 11.8 Å². The van der Waals surface area contributed by atoms with E-state index in [9.17, 15) is 13.6 Å². The first kappa shape index (κ1) is 14.2. The highest BCUT2D eigenvalue weighted by molar-refractivity contribution is 7.10. The molecule has 6 heteroatoms. The van der Waals surface area contributed by atoms with Crippen molar-refractivity contribution in [2.75, 3.05) is 5.32 Å². The van der Waals surface area contributed by atoms with Gasteiger partial charge in [-0.15, -0.1) is 11.3 Å². The molecule has 0 spiro atoms. The Kier molecular flexibility index (Phi) is 3.51. The highest BCUT2D eigenvalue weighted by Crippen LogP contribution is 2.55. The first-order valence-corrected chi connectivity index (χ1v) is 7.43. The van der Waals surface area contributed by atoms with Crippen LogP contribution in [0.5, 0.6) is 0 Å². The van der Waals surface area contributed by atoms with Crippen LogP contribution in [0.25, 0.3) is 0 Å². The molecule has 2 atom stereocenters. The van der Waals surface area contributed by atoms with Crippen molar-refractivity contribution in [1.29, 1.82) is 0 Å². The summed E-state index contributed by atoms with van der Waals surface area (Å²) < 4.78 is 26.2. The van der Waals surface area contributed by atoms with Crippen LogP contribution in [0.3, 0.4) is 0 Å². The van der Waals surface area contributed by atoms with Crippen molar-refractivity contribution in [2.45, 2.75) is 24.3 Å². The smallest absolute Gasteiger partial charge is 0.255 e. The molecular weight excluding hydrogens is 294 g/mol. The number of carbonyl (C=O) groups is 1. The largest absolute Gasteiger partial charge is 0.324 e. The molecular formula is C15H14F2N2OS. The van der Waals surface area contributed by atoms with Gasteiger partial charge >= 0.3 is 0 Å². The summed E-state index contributed by atoms with van der Waals surface area (Å²) in [5.74, 6) is -3.70. The fraction of sp³-hybridized carbons (Fsp3) is 0.267. The lowest BCUT2D eigenvalue weighted by atomic mass is 10.1. The Balaban J connectivity index is 1.70. The Hall–Kier alpha value is -1.79. The molecule has 3 N–H and O–H groups in total. The molecule has 3 nitrogen and oxygen atoms in total. The van der Waals surface area contributed by atoms with Crippen LogP contribution >= 0.6 is 11.3 Å². The van der Waals surface area contributed by atoms with Gasteiger partial charge in [0.1, 0.15) is 6.04 Å². The molecule has 1 aliphatic carbocycles. The third-order valence-corrected chi connectivity index (χ3v) is 4.47. The summed E-state index contributed by atoms with van der Waals surface area (Å²) in [6.07, 6.45) is -0.126. The zero-order valence-corrected chi connectivity index (χ0v) is 11.9. The first-order chi connectivity index (χ1) is 9.97. The molecule has 1 amide bonds. The number of amides is 1. The van der Waals surface area contributed by atoms with Gasteiger partial charge in [0.15, 0.2) is 0 Å². The number of rotatable bonds is 4. The maximum atomic E-state index is 13.1. The predicted molar refractivity (Wildman–Crippen MR) is 78.6 cm³/mol. The second-order valence-electron chi connectivity index (χ2n) is 5.13. The molecule has 0 aliphatic heterocycles. The fourth-order valence-corrected chi connectivity index (χ4v) is 2.95. The average Bonchev–Trinajstić information content (AvgIpc) is 2.89. The normalized spacial score (nSPS) is 20.8. The highest BCUT2D eigenvalue weighted by Gasteiger charge is 2.57. The summed E-state index contributed by atoms with van der Waals surface area (Å²) in [5.41, 5.74) is 6.90. The van der Waals surface area contributed by atoms with Gasteiger partial charge in [0.05, 0.1) is 5.92 Å². The van der Waals surface area contributed by atoms with Crippen LogP contribution in [-0.2, 0) is 4.79 Å². The molecule has 1 aromatic carbocycles. The lowest BCUT2D eigenvalue weighted by Gasteiger charge is -2.11. The molecule has 21 heavy (non-hydrogen) atoms. The zero-order chi connectivity index (χ0) is 15.0. The first-order valence-electron chi connectivity index (χ1n) is 6.55. The average molecular weight is 308 g/mol. The SMILES string of the molecule is NC(C(=O)Nc1cccc(C2CC2(F)F)c1)c1cccs1. The number of carbonyl (C=O) groups excluding carboxylic acids is 1. The van der Waals surface area contributed by atoms with E-state index in [1.807, 2.05) is 11.4 Å². The summed E-state index contributed by atoms with van der Waals surface area (Å²) in [6, 6.07) is 9.43. The highest BCUT2D eigenvalue weighted by atomic mass is 32.1. The van der Waals surface area contributed by atoms with Crippen molar-refractivity contribution in [1.82, 2.24) is 0 Å². The molecule has 0 bridgehead atoms. The van der Waals surface area contributed by atoms with Gasteiger partial charge in [-0.3, -0.25) is 4.79 Å². The predicted octanol–water partition coefficient (Wildman–Crippen LogP) is 3.51. The second kappa shape index (κ2) is 5.20. The Bertz CT molecular complexity index is 657. The Morgan fingerprint density at radius 1 is 1.38 bits per heavy atom. The van der Waals surface area contributed by atoms with Crippen molar-refractivity contribution < 1.29 is 13.6 Å². The third-order valence-electron chi connectivity index (χ3n) is 3.51. The van der Waals surface area contributed by atoms with Crippen LogP contribution < -0.4 is 11.1 Å². The topological polar surface area (TPSA) is 55.1 Å². The van der Waals surface area contributed by atoms with E-state index in [0.29, 0.717) is 11.3 Å². The molecule has 1 aliphatic rings. The monoisotopic (exact) mass is 308 g/mol. The summed E-state index contributed by atoms with van der Waals surface area (Å²) in [6.45, 7) is 0. The number of thiophene rings is 1. The lowest BCUT2D eigenvalue weighted by molar-refractivity contribution is -0.117. The molecule has 2 aromatic rings. The van der Waals surface area contributed by atoms with E-state index in [0.717, 1.165) is 4.88 Å². The van der Waals surface area contributed by atoms with Crippen LogP contribution in [0.2, 0.25) is 0 Å². The summed E-state index contributed by atoms with van der Waals surface area (Å²) >= 11 is 1.40. The molecule has 0 saturated heterocycles. The van der Waals surface area contributed by atoms with Crippen molar-refractivity contribution in [3.8, 4) is 0 Å². The van der Waals surface area contributed by atoms with E-state index >= 15 is 0 Å². The summed E-state index contributed by atoms with van der Waals surface area (Å²) in [5, 5.41) is 4.52. The second-order valence-corrected chi connectivity index (χ2v) is 6.10. The number of nitrogens with one attached hydrogen (secondary N) is 1. The standard InChI is InChI=1S/C15H14F2N2OS/c16-15(17)8-11(15)9-3-1-4-10(7-9)19-14(20)13(18)12-5-2-6-21-12/h1-7,11,13H,8,18H2,(H,19,20). The number of benzene rings is 1. The number of anilines is 1. The van der Waals surface area contributed by atoms with Gasteiger partial charge in [-0.2, -0.15) is 0 Å². The molecule has 1 aromatic heterocycles. The van der Waals surface area contributed by atoms with Crippen molar-refractivity contribution >= 4 is 22.9 Å². The third kappa shape index (κ3) is 2.96. The lowest BCUT2D eigenvalue weighted by Crippen LogP contribution is -2.27. The van der Waals surface area contributed by atoms with E-state index in [1.54, 1.807) is 30.3 Å².